The summed E-state index contributed by atoms with van der Waals surface area (Å²) in [6.45, 7) is 0. The Morgan fingerprint density at radius 1 is 0.306 bits per heavy atom. The van der Waals surface area contributed by atoms with Crippen molar-refractivity contribution in [3.8, 4) is 42.3 Å². The second kappa shape index (κ2) is 9.25. The molecule has 0 saturated carbocycles. The van der Waals surface area contributed by atoms with Crippen molar-refractivity contribution in [1.82, 2.24) is 0 Å². The SMILES string of the molecule is c1ccc(-c2ccc(-c3cc4cc5[se]c(-c6ccc(-c7ccccc7)cc6)cc5cc4[se]3)cc2)cc1. The Balaban J connectivity index is 1.19. The normalized spacial score (nSPS) is 11.3. The zero-order valence-corrected chi connectivity index (χ0v) is 22.9. The van der Waals surface area contributed by atoms with Crippen molar-refractivity contribution in [3.63, 3.8) is 0 Å². The van der Waals surface area contributed by atoms with Gasteiger partial charge in [-0.2, -0.15) is 0 Å². The van der Waals surface area contributed by atoms with E-state index in [2.05, 4.69) is 133 Å². The van der Waals surface area contributed by atoms with Crippen LogP contribution < -0.4 is 0 Å². The number of fused-ring (bicyclic) bond motifs is 2. The van der Waals surface area contributed by atoms with Gasteiger partial charge in [0.15, 0.2) is 0 Å². The van der Waals surface area contributed by atoms with Gasteiger partial charge in [-0.1, -0.05) is 0 Å². The van der Waals surface area contributed by atoms with E-state index < -0.39 is 0 Å². The van der Waals surface area contributed by atoms with Crippen LogP contribution in [0.2, 0.25) is 0 Å². The summed E-state index contributed by atoms with van der Waals surface area (Å²) in [5, 5.41) is 2.85. The Morgan fingerprint density at radius 3 is 1.03 bits per heavy atom. The second-order valence-electron chi connectivity index (χ2n) is 9.04. The molecule has 170 valence electrons. The first-order chi connectivity index (χ1) is 17.8. The minimum atomic E-state index is 0.347. The third-order valence-corrected chi connectivity index (χ3v) is 11.5. The first-order valence-electron chi connectivity index (χ1n) is 12.1. The van der Waals surface area contributed by atoms with Crippen LogP contribution in [0.25, 0.3) is 61.5 Å². The Morgan fingerprint density at radius 2 is 0.639 bits per heavy atom. The van der Waals surface area contributed by atoms with Crippen LogP contribution in [0.3, 0.4) is 0 Å². The second-order valence-corrected chi connectivity index (χ2v) is 13.6. The van der Waals surface area contributed by atoms with Crippen LogP contribution >= 0.6 is 0 Å². The Labute approximate surface area is 223 Å². The fourth-order valence-electron chi connectivity index (χ4n) is 4.77. The van der Waals surface area contributed by atoms with Crippen molar-refractivity contribution in [3.05, 3.63) is 133 Å². The summed E-state index contributed by atoms with van der Waals surface area (Å²) in [6, 6.07) is 49.2. The maximum atomic E-state index is 2.46. The monoisotopic (exact) mass is 590 g/mol. The van der Waals surface area contributed by atoms with Crippen molar-refractivity contribution in [2.45, 2.75) is 0 Å². The molecule has 36 heavy (non-hydrogen) atoms. The number of rotatable bonds is 4. The van der Waals surface area contributed by atoms with Crippen LogP contribution in [0.1, 0.15) is 0 Å². The molecule has 0 aliphatic heterocycles. The summed E-state index contributed by atoms with van der Waals surface area (Å²) in [7, 11) is 0. The van der Waals surface area contributed by atoms with Crippen molar-refractivity contribution < 1.29 is 0 Å². The Bertz CT molecular complexity index is 1600. The molecular weight excluding hydrogens is 566 g/mol. The number of hydrogen-bond acceptors (Lipinski definition) is 0. The zero-order valence-electron chi connectivity index (χ0n) is 19.5. The van der Waals surface area contributed by atoms with Crippen LogP contribution in [0.4, 0.5) is 0 Å². The summed E-state index contributed by atoms with van der Waals surface area (Å²) in [4.78, 5) is 0. The molecule has 0 N–H and O–H groups in total. The fourth-order valence-corrected chi connectivity index (χ4v) is 9.38. The van der Waals surface area contributed by atoms with E-state index in [1.54, 1.807) is 0 Å². The number of hydrogen-bond donors (Lipinski definition) is 0. The van der Waals surface area contributed by atoms with Gasteiger partial charge in [0.05, 0.1) is 0 Å². The van der Waals surface area contributed by atoms with Gasteiger partial charge in [0, 0.05) is 0 Å². The molecule has 0 aliphatic rings. The average Bonchev–Trinajstić information content (AvgIpc) is 3.56. The standard InChI is InChI=1S/C34H22Se2/c1-3-7-23(8-4-1)25-11-15-27(16-12-25)31-19-29-21-34-30(22-33(29)35-31)20-32(36-34)28-17-13-26(14-18-28)24-9-5-2-6-10-24/h1-22H. The number of benzene rings is 5. The van der Waals surface area contributed by atoms with Crippen LogP contribution in [0, 0.1) is 0 Å². The molecule has 0 aliphatic carbocycles. The van der Waals surface area contributed by atoms with Crippen LogP contribution in [-0.4, -0.2) is 29.0 Å². The molecule has 7 rings (SSSR count). The molecule has 5 aromatic carbocycles. The van der Waals surface area contributed by atoms with Crippen molar-refractivity contribution in [2.24, 2.45) is 0 Å². The molecule has 0 fully saturated rings. The van der Waals surface area contributed by atoms with Gasteiger partial charge >= 0.3 is 224 Å². The Hall–Kier alpha value is -3.38. The third kappa shape index (κ3) is 4.13. The van der Waals surface area contributed by atoms with E-state index in [1.807, 2.05) is 0 Å². The van der Waals surface area contributed by atoms with Gasteiger partial charge in [-0.15, -0.1) is 0 Å². The van der Waals surface area contributed by atoms with Gasteiger partial charge in [0.2, 0.25) is 0 Å². The topological polar surface area (TPSA) is 0 Å². The van der Waals surface area contributed by atoms with Gasteiger partial charge < -0.3 is 0 Å². The molecule has 2 heteroatoms. The van der Waals surface area contributed by atoms with Crippen LogP contribution in [0.15, 0.2) is 133 Å². The molecule has 0 unspecified atom stereocenters. The first-order valence-corrected chi connectivity index (χ1v) is 15.5. The predicted molar refractivity (Wildman–Crippen MR) is 157 cm³/mol. The van der Waals surface area contributed by atoms with E-state index >= 15 is 0 Å². The summed E-state index contributed by atoms with van der Waals surface area (Å²) >= 11 is 0.694. The van der Waals surface area contributed by atoms with E-state index in [-0.39, 0.29) is 0 Å². The van der Waals surface area contributed by atoms with Gasteiger partial charge in [-0.3, -0.25) is 0 Å². The Kier molecular flexibility index (Phi) is 5.62. The van der Waals surface area contributed by atoms with Gasteiger partial charge in [-0.05, 0) is 0 Å². The summed E-state index contributed by atoms with van der Waals surface area (Å²) < 4.78 is 5.98. The fraction of sp³-hybridized carbons (Fsp3) is 0. The van der Waals surface area contributed by atoms with Crippen molar-refractivity contribution >= 4 is 48.3 Å². The van der Waals surface area contributed by atoms with Crippen molar-refractivity contribution in [1.29, 1.82) is 0 Å². The third-order valence-electron chi connectivity index (χ3n) is 6.71. The van der Waals surface area contributed by atoms with E-state index in [0.29, 0.717) is 29.0 Å². The summed E-state index contributed by atoms with van der Waals surface area (Å²) in [5.74, 6) is 0. The molecule has 0 amide bonds. The van der Waals surface area contributed by atoms with Crippen LogP contribution in [0.5, 0.6) is 0 Å². The van der Waals surface area contributed by atoms with E-state index in [0.717, 1.165) is 0 Å². The van der Waals surface area contributed by atoms with E-state index in [1.165, 1.54) is 61.5 Å². The summed E-state index contributed by atoms with van der Waals surface area (Å²) in [6.07, 6.45) is 0. The molecule has 0 bridgehead atoms. The van der Waals surface area contributed by atoms with Gasteiger partial charge in [-0.25, -0.2) is 0 Å². The summed E-state index contributed by atoms with van der Waals surface area (Å²) in [5.41, 5.74) is 7.80. The molecule has 2 aromatic heterocycles. The molecule has 0 radical (unpaired) electrons. The predicted octanol–water partition coefficient (Wildman–Crippen LogP) is 8.78. The maximum absolute atomic E-state index is 2.46. The molecule has 2 heterocycles. The van der Waals surface area contributed by atoms with Crippen LogP contribution in [-0.2, 0) is 0 Å². The average molecular weight is 588 g/mol. The van der Waals surface area contributed by atoms with Gasteiger partial charge in [0.1, 0.15) is 0 Å². The minimum absolute atomic E-state index is 0.347. The first kappa shape index (κ1) is 21.9. The molecule has 7 aromatic rings. The van der Waals surface area contributed by atoms with E-state index in [4.69, 9.17) is 0 Å². The molecule has 0 saturated heterocycles. The van der Waals surface area contributed by atoms with E-state index in [9.17, 15) is 0 Å². The zero-order chi connectivity index (χ0) is 23.9. The quantitative estimate of drug-likeness (QED) is 0.180. The molecular formula is C34H22Se2. The van der Waals surface area contributed by atoms with Crippen molar-refractivity contribution in [2.75, 3.05) is 0 Å². The molecule has 0 nitrogen and oxygen atoms in total. The van der Waals surface area contributed by atoms with Gasteiger partial charge in [0.25, 0.3) is 0 Å². The molecule has 0 spiro atoms. The molecule has 0 atom stereocenters.